The molecule has 1 rings (SSSR count). The van der Waals surface area contributed by atoms with E-state index in [1.807, 2.05) is 0 Å². The summed E-state index contributed by atoms with van der Waals surface area (Å²) in [5.41, 5.74) is 8.24. The van der Waals surface area contributed by atoms with E-state index >= 15 is 0 Å². The van der Waals surface area contributed by atoms with Crippen LogP contribution in [0.15, 0.2) is 5.11 Å². The number of Topliss-reactive ketones (excluding diaryl/α,β-unsaturated/α-hetero) is 1. The molecule has 0 aromatic heterocycles. The van der Waals surface area contributed by atoms with Gasteiger partial charge in [0.05, 0.1) is 18.8 Å². The molecule has 0 saturated carbocycles. The Bertz CT molecular complexity index is 361. The Balaban J connectivity index is 2.79. The molecule has 19 heavy (non-hydrogen) atoms. The molecule has 0 radical (unpaired) electrons. The van der Waals surface area contributed by atoms with Gasteiger partial charge in [-0.15, -0.1) is 0 Å². The van der Waals surface area contributed by atoms with E-state index < -0.39 is 30.2 Å². The van der Waals surface area contributed by atoms with Gasteiger partial charge in [-0.3, -0.25) is 4.79 Å². The zero-order valence-corrected chi connectivity index (χ0v) is 11.2. The van der Waals surface area contributed by atoms with Gasteiger partial charge in [0.2, 0.25) is 0 Å². The Hall–Kier alpha value is -1.18. The van der Waals surface area contributed by atoms with E-state index in [0.29, 0.717) is 0 Å². The van der Waals surface area contributed by atoms with Gasteiger partial charge in [0.25, 0.3) is 0 Å². The van der Waals surface area contributed by atoms with E-state index in [-0.39, 0.29) is 18.7 Å². The van der Waals surface area contributed by atoms with E-state index in [2.05, 4.69) is 10.0 Å². The fraction of sp³-hybridized carbons (Fsp3) is 0.909. The molecular weight excluding hydrogens is 254 g/mol. The minimum Gasteiger partial charge on any atom is -0.390 e. The molecule has 0 unspecified atom stereocenters. The first-order valence-electron chi connectivity index (χ1n) is 5.99. The lowest BCUT2D eigenvalue weighted by Gasteiger charge is -2.24. The van der Waals surface area contributed by atoms with Crippen LogP contribution in [0.4, 0.5) is 0 Å². The fourth-order valence-electron chi connectivity index (χ4n) is 2.05. The van der Waals surface area contributed by atoms with Gasteiger partial charge in [0.15, 0.2) is 5.79 Å². The number of azide groups is 1. The molecule has 0 aromatic rings. The Morgan fingerprint density at radius 2 is 1.89 bits per heavy atom. The average Bonchev–Trinajstić information content (AvgIpc) is 2.61. The van der Waals surface area contributed by atoms with Gasteiger partial charge < -0.3 is 19.7 Å². The summed E-state index contributed by atoms with van der Waals surface area (Å²) in [6.45, 7) is 4.45. The third kappa shape index (κ3) is 4.45. The van der Waals surface area contributed by atoms with E-state index in [1.165, 1.54) is 6.92 Å². The lowest BCUT2D eigenvalue weighted by atomic mass is 10.00. The van der Waals surface area contributed by atoms with Crippen LogP contribution in [0.1, 0.15) is 27.2 Å². The van der Waals surface area contributed by atoms with E-state index in [0.717, 1.165) is 0 Å². The van der Waals surface area contributed by atoms with Crippen LogP contribution in [0, 0.1) is 0 Å². The molecule has 0 spiro atoms. The summed E-state index contributed by atoms with van der Waals surface area (Å²) in [5.74, 6) is -1.17. The standard InChI is InChI=1S/C11H19N3O5/c1-6(15)4-7(16)9-10(8(17)5-13-14-12)19-11(2,3)18-9/h7-10,16-17H,4-5H2,1-3H3/t7-,8-,9-,10-/m1/s1. The van der Waals surface area contributed by atoms with Gasteiger partial charge in [-0.2, -0.15) is 0 Å². The highest BCUT2D eigenvalue weighted by atomic mass is 16.8. The maximum absolute atomic E-state index is 11.0. The normalized spacial score (nSPS) is 28.5. The molecule has 2 N–H and O–H groups in total. The average molecular weight is 273 g/mol. The monoisotopic (exact) mass is 273 g/mol. The minimum atomic E-state index is -1.11. The molecule has 108 valence electrons. The molecule has 0 aromatic carbocycles. The van der Waals surface area contributed by atoms with E-state index in [4.69, 9.17) is 15.0 Å². The molecule has 1 heterocycles. The number of carbonyl (C=O) groups is 1. The smallest absolute Gasteiger partial charge is 0.164 e. The van der Waals surface area contributed by atoms with Crippen LogP contribution >= 0.6 is 0 Å². The summed E-state index contributed by atoms with van der Waals surface area (Å²) in [6.07, 6.45) is -3.97. The molecule has 0 amide bonds. The van der Waals surface area contributed by atoms with Crippen LogP contribution in [0.3, 0.4) is 0 Å². The molecule has 1 saturated heterocycles. The predicted octanol–water partition coefficient (Wildman–Crippen LogP) is 0.518. The number of hydrogen-bond acceptors (Lipinski definition) is 6. The molecule has 1 aliphatic heterocycles. The van der Waals surface area contributed by atoms with E-state index in [1.54, 1.807) is 13.8 Å². The quantitative estimate of drug-likeness (QED) is 0.414. The van der Waals surface area contributed by atoms with Crippen molar-refractivity contribution in [2.24, 2.45) is 5.11 Å². The summed E-state index contributed by atoms with van der Waals surface area (Å²) < 4.78 is 11.0. The number of carbonyl (C=O) groups excluding carboxylic acids is 1. The maximum atomic E-state index is 11.0. The van der Waals surface area contributed by atoms with Crippen LogP contribution in [0.2, 0.25) is 0 Å². The molecule has 8 nitrogen and oxygen atoms in total. The molecule has 1 aliphatic rings. The van der Waals surface area contributed by atoms with Gasteiger partial charge in [0, 0.05) is 11.3 Å². The lowest BCUT2D eigenvalue weighted by Crippen LogP contribution is -2.44. The lowest BCUT2D eigenvalue weighted by molar-refractivity contribution is -0.161. The highest BCUT2D eigenvalue weighted by molar-refractivity contribution is 5.76. The van der Waals surface area contributed by atoms with Crippen molar-refractivity contribution in [1.82, 2.24) is 0 Å². The van der Waals surface area contributed by atoms with Crippen molar-refractivity contribution in [3.05, 3.63) is 10.4 Å². The second-order valence-corrected chi connectivity index (χ2v) is 5.02. The third-order valence-corrected chi connectivity index (χ3v) is 2.75. The largest absolute Gasteiger partial charge is 0.390 e. The maximum Gasteiger partial charge on any atom is 0.164 e. The summed E-state index contributed by atoms with van der Waals surface area (Å²) in [6, 6.07) is 0. The zero-order chi connectivity index (χ0) is 14.6. The summed E-state index contributed by atoms with van der Waals surface area (Å²) in [7, 11) is 0. The Labute approximate surface area is 110 Å². The molecule has 0 bridgehead atoms. The molecule has 0 aliphatic carbocycles. The van der Waals surface area contributed by atoms with Crippen LogP contribution in [-0.2, 0) is 14.3 Å². The summed E-state index contributed by atoms with van der Waals surface area (Å²) in [4.78, 5) is 13.6. The Morgan fingerprint density at radius 3 is 2.37 bits per heavy atom. The van der Waals surface area contributed by atoms with Crippen molar-refractivity contribution in [3.8, 4) is 0 Å². The topological polar surface area (TPSA) is 125 Å². The number of nitrogens with zero attached hydrogens (tertiary/aromatic N) is 3. The van der Waals surface area contributed by atoms with Gasteiger partial charge in [-0.25, -0.2) is 0 Å². The molecule has 1 fully saturated rings. The van der Waals surface area contributed by atoms with Crippen LogP contribution in [0.25, 0.3) is 10.4 Å². The highest BCUT2D eigenvalue weighted by Gasteiger charge is 2.47. The molecular formula is C11H19N3O5. The fourth-order valence-corrected chi connectivity index (χ4v) is 2.05. The number of hydrogen-bond donors (Lipinski definition) is 2. The second kappa shape index (κ2) is 6.31. The first-order chi connectivity index (χ1) is 8.76. The van der Waals surface area contributed by atoms with E-state index in [9.17, 15) is 15.0 Å². The molecule has 8 heteroatoms. The second-order valence-electron chi connectivity index (χ2n) is 5.02. The Kier molecular flexibility index (Phi) is 5.28. The summed E-state index contributed by atoms with van der Waals surface area (Å²) in [5, 5.41) is 23.1. The van der Waals surface area contributed by atoms with Crippen LogP contribution in [0.5, 0.6) is 0 Å². The number of aliphatic hydroxyl groups excluding tert-OH is 2. The zero-order valence-electron chi connectivity index (χ0n) is 11.2. The van der Waals surface area contributed by atoms with Crippen molar-refractivity contribution < 1.29 is 24.5 Å². The number of ether oxygens (including phenoxy) is 2. The number of rotatable bonds is 6. The van der Waals surface area contributed by atoms with Gasteiger partial charge in [-0.05, 0) is 26.3 Å². The first kappa shape index (κ1) is 15.9. The van der Waals surface area contributed by atoms with Crippen molar-refractivity contribution in [3.63, 3.8) is 0 Å². The third-order valence-electron chi connectivity index (χ3n) is 2.75. The predicted molar refractivity (Wildman–Crippen MR) is 65.1 cm³/mol. The van der Waals surface area contributed by atoms with Crippen LogP contribution < -0.4 is 0 Å². The highest BCUT2D eigenvalue weighted by Crippen LogP contribution is 2.32. The number of ketones is 1. The van der Waals surface area contributed by atoms with Crippen molar-refractivity contribution >= 4 is 5.78 Å². The van der Waals surface area contributed by atoms with Crippen molar-refractivity contribution in [1.29, 1.82) is 0 Å². The molecule has 4 atom stereocenters. The minimum absolute atomic E-state index is 0.0884. The van der Waals surface area contributed by atoms with Gasteiger partial charge >= 0.3 is 0 Å². The SMILES string of the molecule is CC(=O)C[C@@H](O)[C@H]1OC(C)(C)O[C@@H]1[C@H](O)CN=[N+]=[N-]. The van der Waals surface area contributed by atoms with Crippen molar-refractivity contribution in [2.45, 2.75) is 57.4 Å². The number of aliphatic hydroxyl groups is 2. The van der Waals surface area contributed by atoms with Gasteiger partial charge in [-0.1, -0.05) is 5.11 Å². The van der Waals surface area contributed by atoms with Crippen LogP contribution in [-0.4, -0.2) is 52.7 Å². The van der Waals surface area contributed by atoms with Crippen molar-refractivity contribution in [2.75, 3.05) is 6.54 Å². The first-order valence-corrected chi connectivity index (χ1v) is 5.99. The van der Waals surface area contributed by atoms with Gasteiger partial charge in [0.1, 0.15) is 18.0 Å². The Morgan fingerprint density at radius 1 is 1.37 bits per heavy atom. The summed E-state index contributed by atoms with van der Waals surface area (Å²) >= 11 is 0.